The van der Waals surface area contributed by atoms with Crippen molar-refractivity contribution in [3.05, 3.63) is 48.4 Å². The summed E-state index contributed by atoms with van der Waals surface area (Å²) in [6, 6.07) is 9.04. The van der Waals surface area contributed by atoms with E-state index < -0.39 is 22.0 Å². The Kier molecular flexibility index (Phi) is 3.72. The minimum Gasteiger partial charge on any atom is -0.459 e. The zero-order chi connectivity index (χ0) is 18.8. The Morgan fingerprint density at radius 2 is 2.04 bits per heavy atom. The van der Waals surface area contributed by atoms with Gasteiger partial charge in [-0.1, -0.05) is 6.07 Å². The van der Waals surface area contributed by atoms with Crippen molar-refractivity contribution in [3.8, 4) is 0 Å². The van der Waals surface area contributed by atoms with Crippen molar-refractivity contribution in [2.75, 3.05) is 11.9 Å². The number of aliphatic hydroxyl groups excluding tert-OH is 1. The number of nitrogens with one attached hydrogen (secondary N) is 1. The van der Waals surface area contributed by atoms with Crippen molar-refractivity contribution >= 4 is 21.6 Å². The SMILES string of the molecule is O=C(Nc1cccc(S(=O)(=O)N2C[C@@H]3C[C@H]4C[C@H]3[C@@H]2[C@H]4O)c1)c1ccco1. The van der Waals surface area contributed by atoms with Crippen molar-refractivity contribution in [3.63, 3.8) is 0 Å². The fraction of sp³-hybridized carbons (Fsp3) is 0.421. The first kappa shape index (κ1) is 17.0. The third-order valence-electron chi connectivity index (χ3n) is 6.25. The Labute approximate surface area is 157 Å². The van der Waals surface area contributed by atoms with Crippen LogP contribution in [0.1, 0.15) is 23.4 Å². The summed E-state index contributed by atoms with van der Waals surface area (Å²) in [7, 11) is -3.75. The van der Waals surface area contributed by atoms with E-state index in [9.17, 15) is 18.3 Å². The summed E-state index contributed by atoms with van der Waals surface area (Å²) < 4.78 is 33.0. The maximum absolute atomic E-state index is 13.2. The van der Waals surface area contributed by atoms with Gasteiger partial charge in [-0.25, -0.2) is 8.42 Å². The molecule has 7 nitrogen and oxygen atoms in total. The highest BCUT2D eigenvalue weighted by Gasteiger charge is 2.61. The fourth-order valence-electron chi connectivity index (χ4n) is 5.11. The summed E-state index contributed by atoms with van der Waals surface area (Å²) in [5.74, 6) is 0.549. The van der Waals surface area contributed by atoms with Crippen LogP contribution in [0.15, 0.2) is 52.0 Å². The molecule has 3 fully saturated rings. The predicted octanol–water partition coefficient (Wildman–Crippen LogP) is 1.92. The number of benzene rings is 1. The Bertz CT molecular complexity index is 985. The Morgan fingerprint density at radius 1 is 1.19 bits per heavy atom. The second kappa shape index (κ2) is 5.92. The lowest BCUT2D eigenvalue weighted by atomic mass is 9.88. The van der Waals surface area contributed by atoms with Crippen LogP contribution in [0.25, 0.3) is 0 Å². The molecular weight excluding hydrogens is 368 g/mol. The molecule has 2 heterocycles. The van der Waals surface area contributed by atoms with E-state index in [0.29, 0.717) is 18.2 Å². The molecule has 2 saturated carbocycles. The maximum Gasteiger partial charge on any atom is 0.291 e. The van der Waals surface area contributed by atoms with Crippen LogP contribution < -0.4 is 5.32 Å². The van der Waals surface area contributed by atoms with Gasteiger partial charge in [0.15, 0.2) is 5.76 Å². The van der Waals surface area contributed by atoms with Crippen LogP contribution in [0.4, 0.5) is 5.69 Å². The maximum atomic E-state index is 13.2. The molecule has 0 spiro atoms. The molecule has 5 atom stereocenters. The van der Waals surface area contributed by atoms with E-state index >= 15 is 0 Å². The van der Waals surface area contributed by atoms with Crippen LogP contribution in [0.2, 0.25) is 0 Å². The summed E-state index contributed by atoms with van der Waals surface area (Å²) in [4.78, 5) is 12.3. The fourth-order valence-corrected chi connectivity index (χ4v) is 6.89. The van der Waals surface area contributed by atoms with Gasteiger partial charge >= 0.3 is 0 Å². The first-order chi connectivity index (χ1) is 12.9. The van der Waals surface area contributed by atoms with Gasteiger partial charge in [-0.15, -0.1) is 0 Å². The standard InChI is InChI=1S/C19H20N2O5S/c22-18-11-7-12-10-21(17(18)15(12)8-11)27(24,25)14-4-1-3-13(9-14)20-19(23)16-5-2-6-26-16/h1-6,9,11-12,15,17-18,22H,7-8,10H2,(H,20,23)/t11-,12-,15+,17+,18-/m0/s1. The first-order valence-corrected chi connectivity index (χ1v) is 10.5. The summed E-state index contributed by atoms with van der Waals surface area (Å²) in [5.41, 5.74) is 0.379. The van der Waals surface area contributed by atoms with Crippen molar-refractivity contribution in [1.29, 1.82) is 0 Å². The summed E-state index contributed by atoms with van der Waals surface area (Å²) in [6.45, 7) is 0.466. The number of amides is 1. The molecule has 3 aliphatic rings. The quantitative estimate of drug-likeness (QED) is 0.834. The second-order valence-electron chi connectivity index (χ2n) is 7.67. The molecule has 2 aromatic rings. The van der Waals surface area contributed by atoms with E-state index in [4.69, 9.17) is 4.42 Å². The van der Waals surface area contributed by atoms with Crippen LogP contribution in [0, 0.1) is 17.8 Å². The highest BCUT2D eigenvalue weighted by atomic mass is 32.2. The minimum absolute atomic E-state index is 0.122. The van der Waals surface area contributed by atoms with Gasteiger partial charge < -0.3 is 14.8 Å². The number of carbonyl (C=O) groups is 1. The van der Waals surface area contributed by atoms with Crippen molar-refractivity contribution in [2.45, 2.75) is 29.9 Å². The van der Waals surface area contributed by atoms with E-state index in [1.54, 1.807) is 18.2 Å². The second-order valence-corrected chi connectivity index (χ2v) is 9.56. The van der Waals surface area contributed by atoms with Crippen LogP contribution >= 0.6 is 0 Å². The van der Waals surface area contributed by atoms with E-state index in [2.05, 4.69) is 5.32 Å². The molecule has 1 saturated heterocycles. The molecule has 1 aromatic heterocycles. The molecule has 2 bridgehead atoms. The highest BCUT2D eigenvalue weighted by molar-refractivity contribution is 7.89. The number of carbonyl (C=O) groups excluding carboxylic acids is 1. The van der Waals surface area contributed by atoms with Crippen LogP contribution in [0.3, 0.4) is 0 Å². The average molecular weight is 388 g/mol. The predicted molar refractivity (Wildman–Crippen MR) is 96.5 cm³/mol. The number of anilines is 1. The van der Waals surface area contributed by atoms with Crippen LogP contribution in [-0.2, 0) is 10.0 Å². The monoisotopic (exact) mass is 388 g/mol. The minimum atomic E-state index is -3.75. The van der Waals surface area contributed by atoms with Gasteiger partial charge in [-0.2, -0.15) is 4.31 Å². The average Bonchev–Trinajstić information content (AvgIpc) is 3.38. The van der Waals surface area contributed by atoms with Crippen molar-refractivity contribution in [2.24, 2.45) is 17.8 Å². The lowest BCUT2D eigenvalue weighted by molar-refractivity contribution is 0.0731. The van der Waals surface area contributed by atoms with Gasteiger partial charge in [0.2, 0.25) is 10.0 Å². The van der Waals surface area contributed by atoms with Gasteiger partial charge in [0.05, 0.1) is 23.3 Å². The molecule has 27 heavy (non-hydrogen) atoms. The van der Waals surface area contributed by atoms with E-state index in [-0.39, 0.29) is 28.5 Å². The van der Waals surface area contributed by atoms with Gasteiger partial charge in [0.1, 0.15) is 0 Å². The molecular formula is C19H20N2O5S. The summed E-state index contributed by atoms with van der Waals surface area (Å²) in [6.07, 6.45) is 2.65. The number of fused-ring (bicyclic) bond motifs is 1. The largest absolute Gasteiger partial charge is 0.459 e. The zero-order valence-corrected chi connectivity index (χ0v) is 15.3. The number of aliphatic hydroxyl groups is 1. The molecule has 0 radical (unpaired) electrons. The number of sulfonamides is 1. The highest BCUT2D eigenvalue weighted by Crippen LogP contribution is 2.56. The Hall–Kier alpha value is -2.16. The number of hydrogen-bond donors (Lipinski definition) is 2. The molecule has 2 N–H and O–H groups in total. The molecule has 0 unspecified atom stereocenters. The van der Waals surface area contributed by atoms with E-state index in [1.807, 2.05) is 0 Å². The van der Waals surface area contributed by atoms with Gasteiger partial charge in [0.25, 0.3) is 5.91 Å². The lowest BCUT2D eigenvalue weighted by Crippen LogP contribution is -2.43. The molecule has 1 aliphatic heterocycles. The topological polar surface area (TPSA) is 99.9 Å². The number of rotatable bonds is 4. The van der Waals surface area contributed by atoms with Crippen molar-refractivity contribution < 1.29 is 22.7 Å². The third-order valence-corrected chi connectivity index (χ3v) is 8.11. The van der Waals surface area contributed by atoms with Gasteiger partial charge in [0, 0.05) is 12.2 Å². The molecule has 5 rings (SSSR count). The van der Waals surface area contributed by atoms with Crippen LogP contribution in [-0.4, -0.2) is 42.4 Å². The number of hydrogen-bond acceptors (Lipinski definition) is 5. The number of nitrogens with zero attached hydrogens (tertiary/aromatic N) is 1. The van der Waals surface area contributed by atoms with Crippen molar-refractivity contribution in [1.82, 2.24) is 4.31 Å². The molecule has 2 aliphatic carbocycles. The molecule has 8 heteroatoms. The normalized spacial score (nSPS) is 32.1. The van der Waals surface area contributed by atoms with Crippen LogP contribution in [0.5, 0.6) is 0 Å². The van der Waals surface area contributed by atoms with E-state index in [0.717, 1.165) is 12.8 Å². The molecule has 142 valence electrons. The summed E-state index contributed by atoms with van der Waals surface area (Å²) >= 11 is 0. The number of furan rings is 1. The Morgan fingerprint density at radius 3 is 2.78 bits per heavy atom. The van der Waals surface area contributed by atoms with Gasteiger partial charge in [-0.3, -0.25) is 4.79 Å². The Balaban J connectivity index is 1.42. The van der Waals surface area contributed by atoms with Gasteiger partial charge in [-0.05, 0) is 60.9 Å². The molecule has 1 amide bonds. The lowest BCUT2D eigenvalue weighted by Gasteiger charge is -2.28. The molecule has 1 aromatic carbocycles. The zero-order valence-electron chi connectivity index (χ0n) is 14.5. The smallest absolute Gasteiger partial charge is 0.291 e. The summed E-state index contributed by atoms with van der Waals surface area (Å²) in [5, 5.41) is 13.1. The third kappa shape index (κ3) is 2.55. The first-order valence-electron chi connectivity index (χ1n) is 9.10. The van der Waals surface area contributed by atoms with E-state index in [1.165, 1.54) is 28.8 Å².